The predicted molar refractivity (Wildman–Crippen MR) is 88.9 cm³/mol. The molecule has 1 aliphatic rings. The van der Waals surface area contributed by atoms with Crippen molar-refractivity contribution in [1.29, 1.82) is 0 Å². The van der Waals surface area contributed by atoms with E-state index in [-0.39, 0.29) is 18.2 Å². The number of aromatic nitrogens is 2. The van der Waals surface area contributed by atoms with Gasteiger partial charge in [0, 0.05) is 11.8 Å². The molecule has 6 heteroatoms. The largest absolute Gasteiger partial charge is 0.372 e. The maximum atomic E-state index is 12.2. The van der Waals surface area contributed by atoms with E-state index in [4.69, 9.17) is 4.74 Å². The van der Waals surface area contributed by atoms with Crippen molar-refractivity contribution in [3.8, 4) is 5.69 Å². The van der Waals surface area contributed by atoms with Crippen molar-refractivity contribution in [3.63, 3.8) is 0 Å². The van der Waals surface area contributed by atoms with Gasteiger partial charge >= 0.3 is 6.03 Å². The number of para-hydroxylation sites is 1. The second-order valence-electron chi connectivity index (χ2n) is 6.06. The number of nitrogens with zero attached hydrogens (tertiary/aromatic N) is 3. The topological polar surface area (TPSA) is 59.4 Å². The number of carbonyl (C=O) groups excluding carboxylic acids is 1. The number of anilines is 1. The minimum absolute atomic E-state index is 0.133. The van der Waals surface area contributed by atoms with E-state index < -0.39 is 0 Å². The standard InChI is InChI=1S/C17H22N4O2/c1-12(2)23-15-10-20(11-15)17(22)18-16-9-13(3)21(19-16)14-7-5-4-6-8-14/h4-9,12,15H,10-11H2,1-3H3,(H,18,19,22). The number of rotatable bonds is 4. The van der Waals surface area contributed by atoms with Crippen molar-refractivity contribution in [2.45, 2.75) is 33.0 Å². The van der Waals surface area contributed by atoms with Crippen LogP contribution in [0, 0.1) is 6.92 Å². The molecule has 0 aliphatic carbocycles. The van der Waals surface area contributed by atoms with E-state index in [1.54, 1.807) is 4.90 Å². The number of benzene rings is 1. The van der Waals surface area contributed by atoms with Crippen LogP contribution in [0.1, 0.15) is 19.5 Å². The Hall–Kier alpha value is -2.34. The lowest BCUT2D eigenvalue weighted by Crippen LogP contribution is -2.56. The highest BCUT2D eigenvalue weighted by atomic mass is 16.5. The molecule has 1 aromatic heterocycles. The van der Waals surface area contributed by atoms with Gasteiger partial charge in [-0.15, -0.1) is 5.10 Å². The number of hydrogen-bond donors (Lipinski definition) is 1. The highest BCUT2D eigenvalue weighted by Gasteiger charge is 2.32. The third-order valence-corrected chi connectivity index (χ3v) is 3.72. The van der Waals surface area contributed by atoms with E-state index >= 15 is 0 Å². The first-order valence-corrected chi connectivity index (χ1v) is 7.86. The Morgan fingerprint density at radius 1 is 1.30 bits per heavy atom. The minimum Gasteiger partial charge on any atom is -0.372 e. The van der Waals surface area contributed by atoms with Gasteiger partial charge in [-0.3, -0.25) is 5.32 Å². The fourth-order valence-corrected chi connectivity index (χ4v) is 2.63. The fourth-order valence-electron chi connectivity index (χ4n) is 2.63. The first-order chi connectivity index (χ1) is 11.0. The SMILES string of the molecule is Cc1cc(NC(=O)N2CC(OC(C)C)C2)nn1-c1ccccc1. The van der Waals surface area contributed by atoms with Crippen LogP contribution >= 0.6 is 0 Å². The second kappa shape index (κ2) is 6.42. The van der Waals surface area contributed by atoms with Crippen molar-refractivity contribution in [3.05, 3.63) is 42.1 Å². The van der Waals surface area contributed by atoms with Gasteiger partial charge in [-0.05, 0) is 32.9 Å². The molecule has 1 saturated heterocycles. The normalized spacial score (nSPS) is 14.9. The molecular formula is C17H22N4O2. The number of carbonyl (C=O) groups is 1. The van der Waals surface area contributed by atoms with Gasteiger partial charge in [-0.1, -0.05) is 18.2 Å². The lowest BCUT2D eigenvalue weighted by Gasteiger charge is -2.39. The molecule has 0 radical (unpaired) electrons. The van der Waals surface area contributed by atoms with Crippen LogP contribution < -0.4 is 5.32 Å². The molecule has 1 fully saturated rings. The number of nitrogens with one attached hydrogen (secondary N) is 1. The fraction of sp³-hybridized carbons (Fsp3) is 0.412. The maximum Gasteiger partial charge on any atom is 0.323 e. The zero-order valence-electron chi connectivity index (χ0n) is 13.7. The Balaban J connectivity index is 1.60. The zero-order chi connectivity index (χ0) is 16.4. The van der Waals surface area contributed by atoms with Gasteiger partial charge in [0.05, 0.1) is 31.0 Å². The number of hydrogen-bond acceptors (Lipinski definition) is 3. The molecule has 1 aromatic carbocycles. The summed E-state index contributed by atoms with van der Waals surface area (Å²) in [6.45, 7) is 7.22. The highest BCUT2D eigenvalue weighted by Crippen LogP contribution is 2.18. The quantitative estimate of drug-likeness (QED) is 0.944. The average Bonchev–Trinajstić information content (AvgIpc) is 2.83. The number of amides is 2. The molecule has 23 heavy (non-hydrogen) atoms. The van der Waals surface area contributed by atoms with Gasteiger partial charge in [0.25, 0.3) is 0 Å². The highest BCUT2D eigenvalue weighted by molar-refractivity contribution is 5.89. The molecule has 2 aromatic rings. The van der Waals surface area contributed by atoms with Crippen LogP contribution in [0.25, 0.3) is 5.69 Å². The Bertz CT molecular complexity index is 675. The summed E-state index contributed by atoms with van der Waals surface area (Å²) in [5.41, 5.74) is 1.94. The van der Waals surface area contributed by atoms with Crippen LogP contribution in [0.2, 0.25) is 0 Å². The lowest BCUT2D eigenvalue weighted by molar-refractivity contribution is -0.0624. The van der Waals surface area contributed by atoms with Crippen molar-refractivity contribution >= 4 is 11.8 Å². The van der Waals surface area contributed by atoms with Gasteiger partial charge in [-0.2, -0.15) is 0 Å². The molecule has 0 saturated carbocycles. The predicted octanol–water partition coefficient (Wildman–Crippen LogP) is 2.82. The van der Waals surface area contributed by atoms with Crippen LogP contribution in [0.3, 0.4) is 0 Å². The van der Waals surface area contributed by atoms with E-state index in [2.05, 4.69) is 10.4 Å². The van der Waals surface area contributed by atoms with Crippen molar-refractivity contribution in [1.82, 2.24) is 14.7 Å². The van der Waals surface area contributed by atoms with Crippen molar-refractivity contribution in [2.24, 2.45) is 0 Å². The van der Waals surface area contributed by atoms with Gasteiger partial charge in [0.15, 0.2) is 5.82 Å². The van der Waals surface area contributed by atoms with Gasteiger partial charge in [0.2, 0.25) is 0 Å². The van der Waals surface area contributed by atoms with Crippen LogP contribution in [-0.4, -0.2) is 46.0 Å². The van der Waals surface area contributed by atoms with Crippen LogP contribution in [0.15, 0.2) is 36.4 Å². The van der Waals surface area contributed by atoms with E-state index in [1.165, 1.54) is 0 Å². The Morgan fingerprint density at radius 3 is 2.65 bits per heavy atom. The van der Waals surface area contributed by atoms with E-state index in [9.17, 15) is 4.79 Å². The zero-order valence-corrected chi connectivity index (χ0v) is 13.7. The summed E-state index contributed by atoms with van der Waals surface area (Å²) < 4.78 is 7.47. The molecule has 2 amide bonds. The first-order valence-electron chi connectivity index (χ1n) is 7.86. The Morgan fingerprint density at radius 2 is 2.00 bits per heavy atom. The summed E-state index contributed by atoms with van der Waals surface area (Å²) in [7, 11) is 0. The van der Waals surface area contributed by atoms with Gasteiger partial charge in [-0.25, -0.2) is 9.48 Å². The summed E-state index contributed by atoms with van der Waals surface area (Å²) >= 11 is 0. The molecule has 1 aliphatic heterocycles. The molecular weight excluding hydrogens is 292 g/mol. The Kier molecular flexibility index (Phi) is 4.34. The number of aryl methyl sites for hydroxylation is 1. The van der Waals surface area contributed by atoms with Crippen molar-refractivity contribution in [2.75, 3.05) is 18.4 Å². The van der Waals surface area contributed by atoms with Gasteiger partial charge < -0.3 is 9.64 Å². The smallest absolute Gasteiger partial charge is 0.323 e. The molecule has 1 N–H and O–H groups in total. The molecule has 122 valence electrons. The summed E-state index contributed by atoms with van der Waals surface area (Å²) in [4.78, 5) is 13.9. The third kappa shape index (κ3) is 3.53. The number of likely N-dealkylation sites (tertiary alicyclic amines) is 1. The van der Waals surface area contributed by atoms with Crippen LogP contribution in [0.5, 0.6) is 0 Å². The molecule has 2 heterocycles. The molecule has 3 rings (SSSR count). The lowest BCUT2D eigenvalue weighted by atomic mass is 10.2. The average molecular weight is 314 g/mol. The van der Waals surface area contributed by atoms with E-state index in [1.807, 2.05) is 61.9 Å². The first kappa shape index (κ1) is 15.6. The van der Waals surface area contributed by atoms with Crippen molar-refractivity contribution < 1.29 is 9.53 Å². The van der Waals surface area contributed by atoms with E-state index in [0.29, 0.717) is 18.9 Å². The molecule has 0 unspecified atom stereocenters. The van der Waals surface area contributed by atoms with Crippen LogP contribution in [0.4, 0.5) is 10.6 Å². The minimum atomic E-state index is -0.133. The van der Waals surface area contributed by atoms with E-state index in [0.717, 1.165) is 11.4 Å². The Labute approximate surface area is 136 Å². The number of ether oxygens (including phenoxy) is 1. The summed E-state index contributed by atoms with van der Waals surface area (Å²) in [6, 6.07) is 11.6. The molecule has 0 bridgehead atoms. The maximum absolute atomic E-state index is 12.2. The molecule has 6 nitrogen and oxygen atoms in total. The third-order valence-electron chi connectivity index (χ3n) is 3.72. The van der Waals surface area contributed by atoms with Crippen LogP contribution in [-0.2, 0) is 4.74 Å². The molecule has 0 spiro atoms. The second-order valence-corrected chi connectivity index (χ2v) is 6.06. The summed E-state index contributed by atoms with van der Waals surface area (Å²) in [5, 5.41) is 7.30. The summed E-state index contributed by atoms with van der Waals surface area (Å²) in [5.74, 6) is 0.560. The number of urea groups is 1. The van der Waals surface area contributed by atoms with Gasteiger partial charge in [0.1, 0.15) is 0 Å². The summed E-state index contributed by atoms with van der Waals surface area (Å²) in [6.07, 6.45) is 0.332. The molecule has 0 atom stereocenters. The monoisotopic (exact) mass is 314 g/mol.